The van der Waals surface area contributed by atoms with Gasteiger partial charge in [-0.15, -0.1) is 0 Å². The standard InChI is InChI=1S/C14H15F3N4/c1-14(2,3)13-20-9(18)6-10(21-13)19-8-5-4-7(15)11(16)12(8)17/h4-6H,1-3H3,(H3,18,19,20,21). The summed E-state index contributed by atoms with van der Waals surface area (Å²) in [4.78, 5) is 8.31. The van der Waals surface area contributed by atoms with E-state index in [2.05, 4.69) is 15.3 Å². The molecule has 0 fully saturated rings. The van der Waals surface area contributed by atoms with Crippen molar-refractivity contribution >= 4 is 17.3 Å². The second kappa shape index (κ2) is 5.23. The zero-order valence-electron chi connectivity index (χ0n) is 11.8. The zero-order chi connectivity index (χ0) is 15.8. The molecule has 0 aliphatic heterocycles. The van der Waals surface area contributed by atoms with Gasteiger partial charge in [-0.2, -0.15) is 0 Å². The number of hydrogen-bond donors (Lipinski definition) is 2. The molecule has 0 atom stereocenters. The van der Waals surface area contributed by atoms with Gasteiger partial charge in [0.05, 0.1) is 5.69 Å². The average Bonchev–Trinajstić information content (AvgIpc) is 2.38. The highest BCUT2D eigenvalue weighted by Crippen LogP contribution is 2.25. The van der Waals surface area contributed by atoms with Crippen molar-refractivity contribution in [2.24, 2.45) is 0 Å². The minimum Gasteiger partial charge on any atom is -0.384 e. The van der Waals surface area contributed by atoms with Crippen molar-refractivity contribution in [2.45, 2.75) is 26.2 Å². The molecule has 2 rings (SSSR count). The Hall–Kier alpha value is -2.31. The van der Waals surface area contributed by atoms with Crippen LogP contribution in [0.5, 0.6) is 0 Å². The van der Waals surface area contributed by atoms with E-state index in [4.69, 9.17) is 5.73 Å². The number of halogens is 3. The maximum atomic E-state index is 13.6. The van der Waals surface area contributed by atoms with Gasteiger partial charge >= 0.3 is 0 Å². The summed E-state index contributed by atoms with van der Waals surface area (Å²) in [5, 5.41) is 2.58. The molecular weight excluding hydrogens is 281 g/mol. The summed E-state index contributed by atoms with van der Waals surface area (Å²) < 4.78 is 39.7. The first-order valence-corrected chi connectivity index (χ1v) is 6.24. The summed E-state index contributed by atoms with van der Waals surface area (Å²) in [6, 6.07) is 3.30. The van der Waals surface area contributed by atoms with E-state index in [0.29, 0.717) is 5.82 Å². The molecule has 112 valence electrons. The molecule has 0 unspecified atom stereocenters. The molecule has 7 heteroatoms. The smallest absolute Gasteiger partial charge is 0.196 e. The lowest BCUT2D eigenvalue weighted by Crippen LogP contribution is -2.17. The number of anilines is 3. The maximum absolute atomic E-state index is 13.6. The van der Waals surface area contributed by atoms with Gasteiger partial charge in [0.1, 0.15) is 17.5 Å². The van der Waals surface area contributed by atoms with E-state index in [9.17, 15) is 13.2 Å². The van der Waals surface area contributed by atoms with E-state index in [1.807, 2.05) is 20.8 Å². The lowest BCUT2D eigenvalue weighted by molar-refractivity contribution is 0.449. The van der Waals surface area contributed by atoms with Crippen LogP contribution >= 0.6 is 0 Å². The molecule has 1 aromatic carbocycles. The van der Waals surface area contributed by atoms with Crippen molar-refractivity contribution in [3.05, 3.63) is 41.5 Å². The minimum absolute atomic E-state index is 0.195. The van der Waals surface area contributed by atoms with Gasteiger partial charge < -0.3 is 11.1 Å². The molecule has 1 aromatic heterocycles. The highest BCUT2D eigenvalue weighted by Gasteiger charge is 2.19. The Morgan fingerprint density at radius 3 is 2.33 bits per heavy atom. The minimum atomic E-state index is -1.54. The first kappa shape index (κ1) is 15.1. The summed E-state index contributed by atoms with van der Waals surface area (Å²) in [5.41, 5.74) is 5.09. The van der Waals surface area contributed by atoms with Crippen molar-refractivity contribution < 1.29 is 13.2 Å². The van der Waals surface area contributed by atoms with Gasteiger partial charge in [-0.05, 0) is 12.1 Å². The lowest BCUT2D eigenvalue weighted by atomic mass is 9.96. The van der Waals surface area contributed by atoms with Crippen LogP contribution in [-0.4, -0.2) is 9.97 Å². The van der Waals surface area contributed by atoms with E-state index in [1.54, 1.807) is 0 Å². The van der Waals surface area contributed by atoms with Gasteiger partial charge in [0.15, 0.2) is 17.5 Å². The van der Waals surface area contributed by atoms with Crippen LogP contribution in [0.15, 0.2) is 18.2 Å². The molecule has 3 N–H and O–H groups in total. The van der Waals surface area contributed by atoms with Crippen LogP contribution in [0.25, 0.3) is 0 Å². The summed E-state index contributed by atoms with van der Waals surface area (Å²) in [6.45, 7) is 5.68. The summed E-state index contributed by atoms with van der Waals surface area (Å²) >= 11 is 0. The predicted molar refractivity (Wildman–Crippen MR) is 74.7 cm³/mol. The molecule has 0 aliphatic carbocycles. The summed E-state index contributed by atoms with van der Waals surface area (Å²) in [6.07, 6.45) is 0. The second-order valence-corrected chi connectivity index (χ2v) is 5.60. The van der Waals surface area contributed by atoms with Crippen molar-refractivity contribution in [1.82, 2.24) is 9.97 Å². The van der Waals surface area contributed by atoms with Crippen molar-refractivity contribution in [2.75, 3.05) is 11.1 Å². The number of hydrogen-bond acceptors (Lipinski definition) is 4. The van der Waals surface area contributed by atoms with Gasteiger partial charge in [-0.3, -0.25) is 0 Å². The van der Waals surface area contributed by atoms with Crippen LogP contribution in [0.2, 0.25) is 0 Å². The van der Waals surface area contributed by atoms with Crippen molar-refractivity contribution in [3.8, 4) is 0 Å². The topological polar surface area (TPSA) is 63.8 Å². The fourth-order valence-electron chi connectivity index (χ4n) is 1.63. The third kappa shape index (κ3) is 3.24. The first-order chi connectivity index (χ1) is 9.68. The molecule has 0 aliphatic rings. The monoisotopic (exact) mass is 296 g/mol. The normalized spacial score (nSPS) is 11.5. The lowest BCUT2D eigenvalue weighted by Gasteiger charge is -2.18. The SMILES string of the molecule is CC(C)(C)c1nc(N)cc(Nc2ccc(F)c(F)c2F)n1. The van der Waals surface area contributed by atoms with Crippen LogP contribution in [0.3, 0.4) is 0 Å². The Labute approximate surface area is 120 Å². The average molecular weight is 296 g/mol. The predicted octanol–water partition coefficient (Wildman–Crippen LogP) is 3.52. The summed E-state index contributed by atoms with van der Waals surface area (Å²) in [7, 11) is 0. The number of nitrogen functional groups attached to an aromatic ring is 1. The van der Waals surface area contributed by atoms with Crippen LogP contribution in [0, 0.1) is 17.5 Å². The molecule has 2 aromatic rings. The van der Waals surface area contributed by atoms with Gasteiger partial charge in [0, 0.05) is 11.5 Å². The number of nitrogens with one attached hydrogen (secondary N) is 1. The largest absolute Gasteiger partial charge is 0.384 e. The molecular formula is C14H15F3N4. The molecule has 0 saturated carbocycles. The molecule has 4 nitrogen and oxygen atoms in total. The van der Waals surface area contributed by atoms with Crippen molar-refractivity contribution in [3.63, 3.8) is 0 Å². The number of rotatable bonds is 2. The van der Waals surface area contributed by atoms with Crippen LogP contribution < -0.4 is 11.1 Å². The number of nitrogens with zero attached hydrogens (tertiary/aromatic N) is 2. The quantitative estimate of drug-likeness (QED) is 0.832. The third-order valence-corrected chi connectivity index (χ3v) is 2.71. The fourth-order valence-corrected chi connectivity index (χ4v) is 1.63. The Balaban J connectivity index is 2.41. The molecule has 0 amide bonds. The third-order valence-electron chi connectivity index (χ3n) is 2.71. The molecule has 21 heavy (non-hydrogen) atoms. The number of nitrogens with two attached hydrogens (primary N) is 1. The van der Waals surface area contributed by atoms with Gasteiger partial charge in [-0.1, -0.05) is 20.8 Å². The summed E-state index contributed by atoms with van der Waals surface area (Å²) in [5.74, 6) is -3.26. The maximum Gasteiger partial charge on any atom is 0.196 e. The Morgan fingerprint density at radius 1 is 1.05 bits per heavy atom. The molecule has 0 saturated heterocycles. The molecule has 0 radical (unpaired) electrons. The molecule has 1 heterocycles. The van der Waals surface area contributed by atoms with Crippen LogP contribution in [0.1, 0.15) is 26.6 Å². The number of aromatic nitrogens is 2. The number of benzene rings is 1. The van der Waals surface area contributed by atoms with Gasteiger partial charge in [0.25, 0.3) is 0 Å². The highest BCUT2D eigenvalue weighted by atomic mass is 19.2. The first-order valence-electron chi connectivity index (χ1n) is 6.24. The Morgan fingerprint density at radius 2 is 1.71 bits per heavy atom. The van der Waals surface area contributed by atoms with Gasteiger partial charge in [0.2, 0.25) is 0 Å². The molecule has 0 bridgehead atoms. The van der Waals surface area contributed by atoms with Gasteiger partial charge in [-0.25, -0.2) is 23.1 Å². The second-order valence-electron chi connectivity index (χ2n) is 5.60. The fraction of sp³-hybridized carbons (Fsp3) is 0.286. The Kier molecular flexibility index (Phi) is 3.76. The molecule has 0 spiro atoms. The Bertz CT molecular complexity index is 681. The van der Waals surface area contributed by atoms with E-state index < -0.39 is 17.5 Å². The van der Waals surface area contributed by atoms with Crippen LogP contribution in [0.4, 0.5) is 30.5 Å². The van der Waals surface area contributed by atoms with E-state index in [0.717, 1.165) is 12.1 Å². The van der Waals surface area contributed by atoms with E-state index in [-0.39, 0.29) is 22.7 Å². The van der Waals surface area contributed by atoms with E-state index >= 15 is 0 Å². The zero-order valence-corrected chi connectivity index (χ0v) is 11.8. The van der Waals surface area contributed by atoms with Crippen molar-refractivity contribution in [1.29, 1.82) is 0 Å². The highest BCUT2D eigenvalue weighted by molar-refractivity contribution is 5.59. The van der Waals surface area contributed by atoms with Crippen LogP contribution in [-0.2, 0) is 5.41 Å². The van der Waals surface area contributed by atoms with E-state index in [1.165, 1.54) is 6.07 Å².